The number of fused-ring (bicyclic) bond motifs is 1. The molecular formula is C18H21NO. The van der Waals surface area contributed by atoms with Gasteiger partial charge in [-0.2, -0.15) is 0 Å². The number of nitrogens with one attached hydrogen (secondary N) is 1. The number of hydrogen-bond acceptors (Lipinski definition) is 2. The molecule has 0 amide bonds. The standard InChI is InChI=1S/C18H21NO/c1-2-6-16-13(4-1)5-3-7-17(16)18-14(10-11-20-18)12-19-15-8-9-15/h1-7,14-15,18-19H,8-12H2. The summed E-state index contributed by atoms with van der Waals surface area (Å²) in [6.45, 7) is 1.99. The summed E-state index contributed by atoms with van der Waals surface area (Å²) in [5.41, 5.74) is 1.36. The van der Waals surface area contributed by atoms with Crippen LogP contribution in [0.2, 0.25) is 0 Å². The lowest BCUT2D eigenvalue weighted by molar-refractivity contribution is 0.0916. The van der Waals surface area contributed by atoms with Crippen LogP contribution in [-0.4, -0.2) is 19.2 Å². The zero-order chi connectivity index (χ0) is 13.4. The first-order chi connectivity index (χ1) is 9.92. The van der Waals surface area contributed by atoms with E-state index in [9.17, 15) is 0 Å². The molecule has 2 aromatic rings. The summed E-state index contributed by atoms with van der Waals surface area (Å²) in [4.78, 5) is 0. The van der Waals surface area contributed by atoms with Gasteiger partial charge in [-0.1, -0.05) is 42.5 Å². The lowest BCUT2D eigenvalue weighted by atomic mass is 9.91. The molecule has 2 unspecified atom stereocenters. The lowest BCUT2D eigenvalue weighted by Gasteiger charge is -2.21. The SMILES string of the molecule is c1ccc2c(C3OCCC3CNC3CC3)cccc2c1. The smallest absolute Gasteiger partial charge is 0.0872 e. The molecule has 1 aliphatic heterocycles. The van der Waals surface area contributed by atoms with Gasteiger partial charge in [0.15, 0.2) is 0 Å². The van der Waals surface area contributed by atoms with Crippen molar-refractivity contribution < 1.29 is 4.74 Å². The largest absolute Gasteiger partial charge is 0.373 e. The minimum Gasteiger partial charge on any atom is -0.373 e. The molecule has 0 bridgehead atoms. The van der Waals surface area contributed by atoms with Gasteiger partial charge in [0.1, 0.15) is 0 Å². The van der Waals surface area contributed by atoms with Crippen molar-refractivity contribution in [2.75, 3.05) is 13.2 Å². The van der Waals surface area contributed by atoms with Crippen LogP contribution >= 0.6 is 0 Å². The zero-order valence-corrected chi connectivity index (χ0v) is 11.7. The van der Waals surface area contributed by atoms with E-state index in [0.717, 1.165) is 19.2 Å². The molecule has 0 spiro atoms. The predicted octanol–water partition coefficient (Wildman–Crippen LogP) is 3.67. The van der Waals surface area contributed by atoms with Crippen LogP contribution in [0.3, 0.4) is 0 Å². The average Bonchev–Trinajstić information content (AvgIpc) is 3.21. The molecule has 1 saturated carbocycles. The Morgan fingerprint density at radius 1 is 1.00 bits per heavy atom. The Morgan fingerprint density at radius 3 is 2.75 bits per heavy atom. The van der Waals surface area contributed by atoms with Crippen LogP contribution in [0.25, 0.3) is 10.8 Å². The van der Waals surface area contributed by atoms with Crippen molar-refractivity contribution in [3.8, 4) is 0 Å². The molecule has 1 aliphatic carbocycles. The number of hydrogen-bond donors (Lipinski definition) is 1. The van der Waals surface area contributed by atoms with Gasteiger partial charge in [-0.05, 0) is 35.6 Å². The quantitative estimate of drug-likeness (QED) is 0.912. The van der Waals surface area contributed by atoms with E-state index in [-0.39, 0.29) is 6.10 Å². The molecule has 1 N–H and O–H groups in total. The second-order valence-corrected chi connectivity index (χ2v) is 6.09. The van der Waals surface area contributed by atoms with Gasteiger partial charge in [-0.25, -0.2) is 0 Å². The average molecular weight is 267 g/mol. The molecular weight excluding hydrogens is 246 g/mol. The molecule has 2 aromatic carbocycles. The molecule has 2 aliphatic rings. The second kappa shape index (κ2) is 5.19. The molecule has 2 fully saturated rings. The second-order valence-electron chi connectivity index (χ2n) is 6.09. The maximum absolute atomic E-state index is 6.07. The van der Waals surface area contributed by atoms with Gasteiger partial charge in [0, 0.05) is 25.1 Å². The van der Waals surface area contributed by atoms with E-state index < -0.39 is 0 Å². The van der Waals surface area contributed by atoms with Crippen molar-refractivity contribution in [1.29, 1.82) is 0 Å². The minimum absolute atomic E-state index is 0.257. The van der Waals surface area contributed by atoms with E-state index in [0.29, 0.717) is 5.92 Å². The van der Waals surface area contributed by atoms with Crippen molar-refractivity contribution in [2.45, 2.75) is 31.4 Å². The lowest BCUT2D eigenvalue weighted by Crippen LogP contribution is -2.26. The third-order valence-electron chi connectivity index (χ3n) is 4.59. The molecule has 1 heterocycles. The first kappa shape index (κ1) is 12.4. The van der Waals surface area contributed by atoms with Gasteiger partial charge in [0.25, 0.3) is 0 Å². The van der Waals surface area contributed by atoms with Crippen molar-refractivity contribution in [3.63, 3.8) is 0 Å². The molecule has 2 heteroatoms. The van der Waals surface area contributed by atoms with Crippen LogP contribution in [0.15, 0.2) is 42.5 Å². The van der Waals surface area contributed by atoms with E-state index in [4.69, 9.17) is 4.74 Å². The fourth-order valence-electron chi connectivity index (χ4n) is 3.29. The van der Waals surface area contributed by atoms with Crippen molar-refractivity contribution in [3.05, 3.63) is 48.0 Å². The maximum Gasteiger partial charge on any atom is 0.0872 e. The van der Waals surface area contributed by atoms with Gasteiger partial charge < -0.3 is 10.1 Å². The predicted molar refractivity (Wildman–Crippen MR) is 81.8 cm³/mol. The maximum atomic E-state index is 6.07. The van der Waals surface area contributed by atoms with Gasteiger partial charge in [0.05, 0.1) is 6.10 Å². The highest BCUT2D eigenvalue weighted by molar-refractivity contribution is 5.86. The number of rotatable bonds is 4. The Hall–Kier alpha value is -1.38. The monoisotopic (exact) mass is 267 g/mol. The van der Waals surface area contributed by atoms with Crippen LogP contribution in [0, 0.1) is 5.92 Å². The summed E-state index contributed by atoms with van der Waals surface area (Å²) < 4.78 is 6.07. The summed E-state index contributed by atoms with van der Waals surface area (Å²) >= 11 is 0. The highest BCUT2D eigenvalue weighted by Crippen LogP contribution is 2.38. The fourth-order valence-corrected chi connectivity index (χ4v) is 3.29. The van der Waals surface area contributed by atoms with E-state index in [1.165, 1.54) is 35.6 Å². The zero-order valence-electron chi connectivity index (χ0n) is 11.7. The van der Waals surface area contributed by atoms with E-state index in [1.807, 2.05) is 0 Å². The van der Waals surface area contributed by atoms with Crippen LogP contribution in [0.5, 0.6) is 0 Å². The van der Waals surface area contributed by atoms with Gasteiger partial charge >= 0.3 is 0 Å². The first-order valence-corrected chi connectivity index (χ1v) is 7.74. The van der Waals surface area contributed by atoms with Crippen LogP contribution in [0.4, 0.5) is 0 Å². The minimum atomic E-state index is 0.257. The highest BCUT2D eigenvalue weighted by atomic mass is 16.5. The fraction of sp³-hybridized carbons (Fsp3) is 0.444. The van der Waals surface area contributed by atoms with Crippen molar-refractivity contribution in [2.24, 2.45) is 5.92 Å². The van der Waals surface area contributed by atoms with E-state index >= 15 is 0 Å². The van der Waals surface area contributed by atoms with Crippen LogP contribution in [0.1, 0.15) is 30.9 Å². The molecule has 0 radical (unpaired) electrons. The van der Waals surface area contributed by atoms with E-state index in [1.54, 1.807) is 0 Å². The van der Waals surface area contributed by atoms with Crippen molar-refractivity contribution >= 4 is 10.8 Å². The third kappa shape index (κ3) is 2.34. The Bertz CT molecular complexity index is 600. The normalized spacial score (nSPS) is 26.2. The number of benzene rings is 2. The highest BCUT2D eigenvalue weighted by Gasteiger charge is 2.32. The Labute approximate surface area is 120 Å². The van der Waals surface area contributed by atoms with Crippen molar-refractivity contribution in [1.82, 2.24) is 5.32 Å². The molecule has 0 aromatic heterocycles. The molecule has 1 saturated heterocycles. The van der Waals surface area contributed by atoms with Gasteiger partial charge in [0.2, 0.25) is 0 Å². The summed E-state index contributed by atoms with van der Waals surface area (Å²) in [5, 5.41) is 6.33. The molecule has 20 heavy (non-hydrogen) atoms. The summed E-state index contributed by atoms with van der Waals surface area (Å²) in [5.74, 6) is 0.612. The molecule has 2 atom stereocenters. The Morgan fingerprint density at radius 2 is 1.85 bits per heavy atom. The molecule has 2 nitrogen and oxygen atoms in total. The molecule has 4 rings (SSSR count). The Kier molecular flexibility index (Phi) is 3.21. The van der Waals surface area contributed by atoms with Gasteiger partial charge in [-0.3, -0.25) is 0 Å². The summed E-state index contributed by atoms with van der Waals surface area (Å²) in [7, 11) is 0. The van der Waals surface area contributed by atoms with Crippen LogP contribution in [-0.2, 0) is 4.74 Å². The van der Waals surface area contributed by atoms with Gasteiger partial charge in [-0.15, -0.1) is 0 Å². The Balaban J connectivity index is 1.63. The summed E-state index contributed by atoms with van der Waals surface area (Å²) in [6, 6.07) is 16.0. The van der Waals surface area contributed by atoms with E-state index in [2.05, 4.69) is 47.8 Å². The summed E-state index contributed by atoms with van der Waals surface area (Å²) in [6.07, 6.45) is 4.14. The molecule has 104 valence electrons. The third-order valence-corrected chi connectivity index (χ3v) is 4.59. The number of ether oxygens (including phenoxy) is 1. The first-order valence-electron chi connectivity index (χ1n) is 7.74. The van der Waals surface area contributed by atoms with Crippen LogP contribution < -0.4 is 5.32 Å². The topological polar surface area (TPSA) is 21.3 Å².